The average Bonchev–Trinajstić information content (AvgIpc) is 2.82. The lowest BCUT2D eigenvalue weighted by Gasteiger charge is -2.33. The summed E-state index contributed by atoms with van der Waals surface area (Å²) in [5.41, 5.74) is 1.60. The Bertz CT molecular complexity index is 575. The molecule has 94 valence electrons. The minimum Gasteiger partial charge on any atom is -0.336 e. The van der Waals surface area contributed by atoms with Crippen LogP contribution in [0.15, 0.2) is 30.6 Å². The second-order valence-corrected chi connectivity index (χ2v) is 4.93. The number of nitrogens with zero attached hydrogens (tertiary/aromatic N) is 3. The third kappa shape index (κ3) is 1.78. The predicted molar refractivity (Wildman–Crippen MR) is 69.5 cm³/mol. The molecule has 1 aliphatic heterocycles. The van der Waals surface area contributed by atoms with Crippen LogP contribution in [0, 0.1) is 0 Å². The molecule has 1 aliphatic rings. The van der Waals surface area contributed by atoms with Crippen LogP contribution < -0.4 is 0 Å². The van der Waals surface area contributed by atoms with Crippen molar-refractivity contribution >= 4 is 11.4 Å². The Balaban J connectivity index is 1.96. The van der Waals surface area contributed by atoms with Gasteiger partial charge in [-0.05, 0) is 38.3 Å². The van der Waals surface area contributed by atoms with Gasteiger partial charge in [0.15, 0.2) is 0 Å². The molecule has 4 heteroatoms. The van der Waals surface area contributed by atoms with E-state index in [0.29, 0.717) is 11.6 Å². The summed E-state index contributed by atoms with van der Waals surface area (Å²) in [6, 6.07) is 6.13. The highest BCUT2D eigenvalue weighted by atomic mass is 16.2. The monoisotopic (exact) mass is 243 g/mol. The minimum absolute atomic E-state index is 0.114. The second-order valence-electron chi connectivity index (χ2n) is 4.93. The summed E-state index contributed by atoms with van der Waals surface area (Å²) in [6.45, 7) is 2.99. The zero-order valence-electron chi connectivity index (χ0n) is 10.5. The third-order valence-corrected chi connectivity index (χ3v) is 3.72. The lowest BCUT2D eigenvalue weighted by molar-refractivity contribution is 0.0637. The number of hydrogen-bond donors (Lipinski definition) is 0. The molecule has 0 bridgehead atoms. The van der Waals surface area contributed by atoms with Crippen LogP contribution in [-0.4, -0.2) is 33.0 Å². The summed E-state index contributed by atoms with van der Waals surface area (Å²) in [5.74, 6) is 0.114. The summed E-state index contributed by atoms with van der Waals surface area (Å²) in [4.78, 5) is 14.5. The van der Waals surface area contributed by atoms with Crippen LogP contribution in [0.2, 0.25) is 0 Å². The Morgan fingerprint density at radius 1 is 1.39 bits per heavy atom. The molecule has 0 aromatic carbocycles. The first-order valence-corrected chi connectivity index (χ1v) is 6.51. The Hall–Kier alpha value is -1.84. The van der Waals surface area contributed by atoms with Crippen LogP contribution in [0.5, 0.6) is 0 Å². The van der Waals surface area contributed by atoms with Crippen LogP contribution in [-0.2, 0) is 0 Å². The number of aromatic nitrogens is 2. The van der Waals surface area contributed by atoms with Crippen molar-refractivity contribution in [2.45, 2.75) is 32.2 Å². The van der Waals surface area contributed by atoms with E-state index in [9.17, 15) is 4.79 Å². The van der Waals surface area contributed by atoms with Gasteiger partial charge in [-0.2, -0.15) is 5.10 Å². The van der Waals surface area contributed by atoms with E-state index in [-0.39, 0.29) is 5.91 Å². The van der Waals surface area contributed by atoms with E-state index >= 15 is 0 Å². The number of carbonyl (C=O) groups is 1. The predicted octanol–water partition coefficient (Wildman–Crippen LogP) is 2.35. The average molecular weight is 243 g/mol. The van der Waals surface area contributed by atoms with Gasteiger partial charge in [0.2, 0.25) is 0 Å². The van der Waals surface area contributed by atoms with E-state index in [0.717, 1.165) is 24.9 Å². The Morgan fingerprint density at radius 2 is 2.28 bits per heavy atom. The van der Waals surface area contributed by atoms with Crippen molar-refractivity contribution in [2.24, 2.45) is 0 Å². The summed E-state index contributed by atoms with van der Waals surface area (Å²) >= 11 is 0. The molecule has 4 nitrogen and oxygen atoms in total. The number of amides is 1. The fourth-order valence-corrected chi connectivity index (χ4v) is 2.65. The Morgan fingerprint density at radius 3 is 3.11 bits per heavy atom. The maximum atomic E-state index is 12.6. The number of fused-ring (bicyclic) bond motifs is 1. The van der Waals surface area contributed by atoms with Crippen molar-refractivity contribution in [2.75, 3.05) is 6.54 Å². The quantitative estimate of drug-likeness (QED) is 0.771. The molecule has 18 heavy (non-hydrogen) atoms. The van der Waals surface area contributed by atoms with Crippen LogP contribution in [0.1, 0.15) is 36.5 Å². The molecule has 1 atom stereocenters. The molecule has 3 heterocycles. The number of pyridine rings is 1. The summed E-state index contributed by atoms with van der Waals surface area (Å²) in [6.07, 6.45) is 6.98. The highest BCUT2D eigenvalue weighted by molar-refractivity contribution is 6.00. The number of carbonyl (C=O) groups excluding carboxylic acids is 1. The van der Waals surface area contributed by atoms with Gasteiger partial charge in [0.05, 0.1) is 17.3 Å². The summed E-state index contributed by atoms with van der Waals surface area (Å²) in [5, 5.41) is 4.23. The molecule has 1 saturated heterocycles. The fraction of sp³-hybridized carbons (Fsp3) is 0.429. The first kappa shape index (κ1) is 11.3. The van der Waals surface area contributed by atoms with Crippen molar-refractivity contribution in [3.63, 3.8) is 0 Å². The molecule has 1 amide bonds. The highest BCUT2D eigenvalue weighted by Crippen LogP contribution is 2.21. The van der Waals surface area contributed by atoms with E-state index in [1.165, 1.54) is 6.42 Å². The summed E-state index contributed by atoms with van der Waals surface area (Å²) < 4.78 is 1.75. The van der Waals surface area contributed by atoms with Gasteiger partial charge >= 0.3 is 0 Å². The van der Waals surface area contributed by atoms with Crippen LogP contribution >= 0.6 is 0 Å². The van der Waals surface area contributed by atoms with Crippen molar-refractivity contribution in [1.82, 2.24) is 14.5 Å². The molecule has 1 fully saturated rings. The van der Waals surface area contributed by atoms with E-state index in [1.54, 1.807) is 10.7 Å². The summed E-state index contributed by atoms with van der Waals surface area (Å²) in [7, 11) is 0. The maximum Gasteiger partial charge on any atom is 0.257 e. The van der Waals surface area contributed by atoms with Gasteiger partial charge in [0, 0.05) is 18.8 Å². The number of piperidine rings is 1. The topological polar surface area (TPSA) is 37.6 Å². The van der Waals surface area contributed by atoms with Crippen LogP contribution in [0.4, 0.5) is 0 Å². The number of rotatable bonds is 1. The molecule has 0 N–H and O–H groups in total. The van der Waals surface area contributed by atoms with Gasteiger partial charge in [-0.3, -0.25) is 4.79 Å². The zero-order chi connectivity index (χ0) is 12.5. The molecular formula is C14H17N3O. The maximum absolute atomic E-state index is 12.6. The minimum atomic E-state index is 0.114. The van der Waals surface area contributed by atoms with E-state index in [4.69, 9.17) is 0 Å². The second kappa shape index (κ2) is 4.44. The lowest BCUT2D eigenvalue weighted by Crippen LogP contribution is -2.41. The highest BCUT2D eigenvalue weighted by Gasteiger charge is 2.26. The van der Waals surface area contributed by atoms with Crippen LogP contribution in [0.25, 0.3) is 5.52 Å². The van der Waals surface area contributed by atoms with Crippen molar-refractivity contribution in [3.05, 3.63) is 36.2 Å². The Labute approximate surface area is 106 Å². The fourth-order valence-electron chi connectivity index (χ4n) is 2.65. The van der Waals surface area contributed by atoms with Gasteiger partial charge in [-0.25, -0.2) is 4.52 Å². The van der Waals surface area contributed by atoms with Crippen molar-refractivity contribution in [1.29, 1.82) is 0 Å². The van der Waals surface area contributed by atoms with Gasteiger partial charge in [-0.15, -0.1) is 0 Å². The van der Waals surface area contributed by atoms with E-state index in [1.807, 2.05) is 29.3 Å². The molecule has 0 aliphatic carbocycles. The molecule has 0 radical (unpaired) electrons. The zero-order valence-corrected chi connectivity index (χ0v) is 10.5. The number of hydrogen-bond acceptors (Lipinski definition) is 2. The van der Waals surface area contributed by atoms with Crippen LogP contribution in [0.3, 0.4) is 0 Å². The van der Waals surface area contributed by atoms with E-state index in [2.05, 4.69) is 12.0 Å². The smallest absolute Gasteiger partial charge is 0.257 e. The first-order valence-electron chi connectivity index (χ1n) is 6.51. The van der Waals surface area contributed by atoms with Gasteiger partial charge in [0.25, 0.3) is 5.91 Å². The molecule has 2 aromatic rings. The standard InChI is InChI=1S/C14H17N3O/c1-11-6-2-4-8-16(11)14(18)12-10-15-17-9-5-3-7-13(12)17/h3,5,7,9-11H,2,4,6,8H2,1H3. The van der Waals surface area contributed by atoms with Gasteiger partial charge in [-0.1, -0.05) is 6.07 Å². The molecule has 1 unspecified atom stereocenters. The normalized spacial score (nSPS) is 20.3. The Kier molecular flexibility index (Phi) is 2.78. The molecule has 0 spiro atoms. The van der Waals surface area contributed by atoms with E-state index < -0.39 is 0 Å². The molecule has 0 saturated carbocycles. The largest absolute Gasteiger partial charge is 0.336 e. The SMILES string of the molecule is CC1CCCCN1C(=O)c1cnn2ccccc12. The molecular weight excluding hydrogens is 226 g/mol. The number of likely N-dealkylation sites (tertiary alicyclic amines) is 1. The molecule has 3 rings (SSSR count). The molecule has 2 aromatic heterocycles. The van der Waals surface area contributed by atoms with Crippen molar-refractivity contribution < 1.29 is 4.79 Å². The van der Waals surface area contributed by atoms with Gasteiger partial charge in [0.1, 0.15) is 0 Å². The lowest BCUT2D eigenvalue weighted by atomic mass is 10.0. The van der Waals surface area contributed by atoms with Gasteiger partial charge < -0.3 is 4.90 Å². The third-order valence-electron chi connectivity index (χ3n) is 3.72. The first-order chi connectivity index (χ1) is 8.77. The van der Waals surface area contributed by atoms with Crippen molar-refractivity contribution in [3.8, 4) is 0 Å².